The van der Waals surface area contributed by atoms with Crippen molar-refractivity contribution >= 4 is 17.5 Å². The lowest BCUT2D eigenvalue weighted by Gasteiger charge is -2.28. The lowest BCUT2D eigenvalue weighted by molar-refractivity contribution is -0.274. The van der Waals surface area contributed by atoms with Crippen LogP contribution in [0.1, 0.15) is 51.9 Å². The van der Waals surface area contributed by atoms with Gasteiger partial charge in [-0.3, -0.25) is 9.59 Å². The van der Waals surface area contributed by atoms with Crippen LogP contribution in [0.4, 0.5) is 18.9 Å². The predicted molar refractivity (Wildman–Crippen MR) is 121 cm³/mol. The summed E-state index contributed by atoms with van der Waals surface area (Å²) in [5, 5.41) is 9.00. The minimum atomic E-state index is -4.73. The van der Waals surface area contributed by atoms with Crippen LogP contribution < -0.4 is 20.7 Å². The molecule has 34 heavy (non-hydrogen) atoms. The molecule has 1 saturated heterocycles. The zero-order chi connectivity index (χ0) is 24.6. The Morgan fingerprint density at radius 2 is 1.79 bits per heavy atom. The van der Waals surface area contributed by atoms with E-state index in [1.165, 1.54) is 30.7 Å². The van der Waals surface area contributed by atoms with Gasteiger partial charge in [0.05, 0.1) is 12.5 Å². The van der Waals surface area contributed by atoms with Crippen molar-refractivity contribution in [3.63, 3.8) is 0 Å². The molecule has 3 atom stereocenters. The van der Waals surface area contributed by atoms with Crippen molar-refractivity contribution in [2.45, 2.75) is 70.3 Å². The Hall–Kier alpha value is -2.49. The lowest BCUT2D eigenvalue weighted by Crippen LogP contribution is -2.52. The zero-order valence-corrected chi connectivity index (χ0v) is 19.5. The maximum atomic E-state index is 13.1. The number of hydrogen-bond acceptors (Lipinski definition) is 5. The average Bonchev–Trinajstić information content (AvgIpc) is 3.33. The second kappa shape index (κ2) is 12.3. The first-order valence-electron chi connectivity index (χ1n) is 12.0. The van der Waals surface area contributed by atoms with Gasteiger partial charge in [0.2, 0.25) is 11.8 Å². The first-order chi connectivity index (χ1) is 16.2. The van der Waals surface area contributed by atoms with E-state index in [9.17, 15) is 22.8 Å². The van der Waals surface area contributed by atoms with Crippen molar-refractivity contribution in [3.8, 4) is 5.75 Å². The van der Waals surface area contributed by atoms with Gasteiger partial charge in [-0.2, -0.15) is 0 Å². The molecule has 2 fully saturated rings. The summed E-state index contributed by atoms with van der Waals surface area (Å²) in [5.74, 6) is -0.463. The van der Waals surface area contributed by atoms with Crippen molar-refractivity contribution < 1.29 is 32.2 Å². The molecule has 0 radical (unpaired) electrons. The number of anilines is 1. The van der Waals surface area contributed by atoms with E-state index in [0.29, 0.717) is 44.2 Å². The van der Waals surface area contributed by atoms with Crippen molar-refractivity contribution in [1.29, 1.82) is 0 Å². The first-order valence-corrected chi connectivity index (χ1v) is 12.0. The summed E-state index contributed by atoms with van der Waals surface area (Å²) in [6.45, 7) is 3.14. The Balaban J connectivity index is 1.51. The lowest BCUT2D eigenvalue weighted by atomic mass is 9.84. The standard InChI is InChI=1S/C24H34F3N3O4/c1-16(14-28-19-7-9-20(10-8-19)34-24(25,26)27)29-23(32)21(13-17-5-3-2-4-6-17)30-22(31)18-11-12-33-15-18/h7-10,16-18,21,28H,2-6,11-15H2,1H3,(H,29,32)(H,30,31)/t16-,18?,21-/m0/s1. The topological polar surface area (TPSA) is 88.7 Å². The molecule has 3 rings (SSSR count). The van der Waals surface area contributed by atoms with E-state index in [1.54, 1.807) is 0 Å². The molecule has 1 heterocycles. The molecule has 2 aliphatic rings. The van der Waals surface area contributed by atoms with Crippen molar-refractivity contribution in [2.24, 2.45) is 11.8 Å². The summed E-state index contributed by atoms with van der Waals surface area (Å²) in [6, 6.07) is 4.54. The van der Waals surface area contributed by atoms with E-state index in [-0.39, 0.29) is 29.5 Å². The number of ether oxygens (including phenoxy) is 2. The summed E-state index contributed by atoms with van der Waals surface area (Å²) in [7, 11) is 0. The molecule has 1 aliphatic carbocycles. The second-order valence-corrected chi connectivity index (χ2v) is 9.22. The molecule has 1 unspecified atom stereocenters. The highest BCUT2D eigenvalue weighted by atomic mass is 19.4. The van der Waals surface area contributed by atoms with Gasteiger partial charge >= 0.3 is 6.36 Å². The van der Waals surface area contributed by atoms with E-state index in [2.05, 4.69) is 20.7 Å². The van der Waals surface area contributed by atoms with Crippen molar-refractivity contribution in [1.82, 2.24) is 10.6 Å². The molecule has 1 aromatic rings. The SMILES string of the molecule is C[C@@H](CNc1ccc(OC(F)(F)F)cc1)NC(=O)[C@H](CC1CCCCC1)NC(=O)C1CCOC1. The van der Waals surface area contributed by atoms with Crippen molar-refractivity contribution in [3.05, 3.63) is 24.3 Å². The van der Waals surface area contributed by atoms with E-state index >= 15 is 0 Å². The molecule has 2 amide bonds. The monoisotopic (exact) mass is 485 g/mol. The molecular formula is C24H34F3N3O4. The number of alkyl halides is 3. The summed E-state index contributed by atoms with van der Waals surface area (Å²) in [5.41, 5.74) is 0.601. The molecule has 3 N–H and O–H groups in total. The van der Waals surface area contributed by atoms with Crippen LogP contribution >= 0.6 is 0 Å². The number of hydrogen-bond donors (Lipinski definition) is 3. The maximum Gasteiger partial charge on any atom is 0.573 e. The van der Waals surface area contributed by atoms with E-state index in [0.717, 1.165) is 25.7 Å². The van der Waals surface area contributed by atoms with Crippen LogP contribution in [0.2, 0.25) is 0 Å². The molecule has 0 spiro atoms. The van der Waals surface area contributed by atoms with Crippen LogP contribution in [0.15, 0.2) is 24.3 Å². The number of carbonyl (C=O) groups excluding carboxylic acids is 2. The molecule has 1 aliphatic heterocycles. The molecule has 7 nitrogen and oxygen atoms in total. The minimum Gasteiger partial charge on any atom is -0.406 e. The molecule has 0 aromatic heterocycles. The van der Waals surface area contributed by atoms with Gasteiger partial charge in [-0.25, -0.2) is 0 Å². The van der Waals surface area contributed by atoms with Crippen LogP contribution in [-0.4, -0.2) is 50.0 Å². The summed E-state index contributed by atoms with van der Waals surface area (Å²) in [6.07, 6.45) is 2.19. The van der Waals surface area contributed by atoms with Crippen LogP contribution in [0, 0.1) is 11.8 Å². The predicted octanol–water partition coefficient (Wildman–Crippen LogP) is 3.99. The average molecular weight is 486 g/mol. The third kappa shape index (κ3) is 8.70. The highest BCUT2D eigenvalue weighted by Crippen LogP contribution is 2.28. The fourth-order valence-electron chi connectivity index (χ4n) is 4.46. The smallest absolute Gasteiger partial charge is 0.406 e. The van der Waals surface area contributed by atoms with Gasteiger partial charge in [0, 0.05) is 24.9 Å². The highest BCUT2D eigenvalue weighted by Gasteiger charge is 2.32. The van der Waals surface area contributed by atoms with Crippen LogP contribution in [0.3, 0.4) is 0 Å². The van der Waals surface area contributed by atoms with Gasteiger partial charge in [-0.15, -0.1) is 13.2 Å². The van der Waals surface area contributed by atoms with Crippen molar-refractivity contribution in [2.75, 3.05) is 25.1 Å². The number of benzene rings is 1. The van der Waals surface area contributed by atoms with Gasteiger partial charge in [-0.05, 0) is 49.9 Å². The fraction of sp³-hybridized carbons (Fsp3) is 0.667. The number of carbonyl (C=O) groups is 2. The minimum absolute atomic E-state index is 0.139. The number of amides is 2. The second-order valence-electron chi connectivity index (χ2n) is 9.22. The third-order valence-corrected chi connectivity index (χ3v) is 6.32. The normalized spacial score (nSPS) is 20.9. The molecule has 10 heteroatoms. The Bertz CT molecular complexity index is 792. The first kappa shape index (κ1) is 26.1. The van der Waals surface area contributed by atoms with Gasteiger partial charge < -0.3 is 25.4 Å². The third-order valence-electron chi connectivity index (χ3n) is 6.32. The van der Waals surface area contributed by atoms with E-state index < -0.39 is 12.4 Å². The quantitative estimate of drug-likeness (QED) is 0.466. The Labute approximate surface area is 198 Å². The van der Waals surface area contributed by atoms with Gasteiger partial charge in [0.1, 0.15) is 11.8 Å². The van der Waals surface area contributed by atoms with Gasteiger partial charge in [0.25, 0.3) is 0 Å². The molecular weight excluding hydrogens is 451 g/mol. The zero-order valence-electron chi connectivity index (χ0n) is 19.5. The molecule has 1 aromatic carbocycles. The van der Waals surface area contributed by atoms with E-state index in [1.807, 2.05) is 6.92 Å². The molecule has 1 saturated carbocycles. The Morgan fingerprint density at radius 1 is 1.09 bits per heavy atom. The number of halogens is 3. The van der Waals surface area contributed by atoms with E-state index in [4.69, 9.17) is 4.74 Å². The number of nitrogens with one attached hydrogen (secondary N) is 3. The maximum absolute atomic E-state index is 13.1. The fourth-order valence-corrected chi connectivity index (χ4v) is 4.46. The van der Waals surface area contributed by atoms with Crippen LogP contribution in [0.5, 0.6) is 5.75 Å². The molecule has 0 bridgehead atoms. The summed E-state index contributed by atoms with van der Waals surface area (Å²) >= 11 is 0. The summed E-state index contributed by atoms with van der Waals surface area (Å²) in [4.78, 5) is 25.7. The van der Waals surface area contributed by atoms with Crippen LogP contribution in [-0.2, 0) is 14.3 Å². The summed E-state index contributed by atoms with van der Waals surface area (Å²) < 4.78 is 46.0. The largest absolute Gasteiger partial charge is 0.573 e. The molecule has 190 valence electrons. The van der Waals surface area contributed by atoms with Gasteiger partial charge in [0.15, 0.2) is 0 Å². The Kier molecular flexibility index (Phi) is 9.44. The highest BCUT2D eigenvalue weighted by molar-refractivity contribution is 5.88. The van der Waals surface area contributed by atoms with Gasteiger partial charge in [-0.1, -0.05) is 32.1 Å². The number of rotatable bonds is 10. The van der Waals surface area contributed by atoms with Crippen LogP contribution in [0.25, 0.3) is 0 Å². The Morgan fingerprint density at radius 3 is 2.41 bits per heavy atom.